The number of hydrogen-bond acceptors (Lipinski definition) is 9. The van der Waals surface area contributed by atoms with E-state index in [0.29, 0.717) is 26.3 Å². The molecule has 0 spiro atoms. The number of hydrogen-bond donors (Lipinski definition) is 4. The molecule has 0 bridgehead atoms. The van der Waals surface area contributed by atoms with Gasteiger partial charge >= 0.3 is 0 Å². The predicted octanol–water partition coefficient (Wildman–Crippen LogP) is -1.90. The van der Waals surface area contributed by atoms with Crippen LogP contribution in [0.3, 0.4) is 0 Å². The highest BCUT2D eigenvalue weighted by Crippen LogP contribution is 2.41. The molecule has 2 fully saturated rings. The molecule has 11 heteroatoms. The number of aliphatic hydroxyl groups is 3. The molecule has 2 aliphatic rings. The van der Waals surface area contributed by atoms with Crippen LogP contribution < -0.4 is 5.73 Å². The van der Waals surface area contributed by atoms with E-state index in [4.69, 9.17) is 21.6 Å². The Kier molecular flexibility index (Phi) is 4.89. The van der Waals surface area contributed by atoms with E-state index < -0.39 is 30.6 Å². The number of carbonyl (C=O) groups excluding carboxylic acids is 1. The van der Waals surface area contributed by atoms with Crippen LogP contribution >= 0.6 is 0 Å². The highest BCUT2D eigenvalue weighted by atomic mass is 16.6. The predicted molar refractivity (Wildman–Crippen MR) is 99.4 cm³/mol. The number of carbonyl (C=O) groups is 1. The van der Waals surface area contributed by atoms with Crippen LogP contribution in [0.2, 0.25) is 0 Å². The SMILES string of the molecule is C#C[C@@]1(O)[C@H](O)[C@@H](CO)O[C@H]1n1cc(C(=O)N2CCOCC2)c2c(N)ncnc21. The molecule has 4 heterocycles. The van der Waals surface area contributed by atoms with E-state index in [1.165, 1.54) is 17.1 Å². The first-order chi connectivity index (χ1) is 13.9. The van der Waals surface area contributed by atoms with Gasteiger partial charge in [0, 0.05) is 19.3 Å². The third-order valence-electron chi connectivity index (χ3n) is 5.31. The number of nitrogens with zero attached hydrogens (tertiary/aromatic N) is 4. The van der Waals surface area contributed by atoms with Crippen LogP contribution in [-0.2, 0) is 9.47 Å². The summed E-state index contributed by atoms with van der Waals surface area (Å²) in [5, 5.41) is 31.0. The Morgan fingerprint density at radius 3 is 2.79 bits per heavy atom. The van der Waals surface area contributed by atoms with Gasteiger partial charge in [-0.05, 0) is 0 Å². The Bertz CT molecular complexity index is 981. The maximum absolute atomic E-state index is 13.1. The second-order valence-electron chi connectivity index (χ2n) is 6.94. The maximum Gasteiger partial charge on any atom is 0.256 e. The van der Waals surface area contributed by atoms with Crippen LogP contribution in [0.5, 0.6) is 0 Å². The van der Waals surface area contributed by atoms with Crippen molar-refractivity contribution in [3.63, 3.8) is 0 Å². The fourth-order valence-corrected chi connectivity index (χ4v) is 3.74. The van der Waals surface area contributed by atoms with Gasteiger partial charge in [-0.15, -0.1) is 6.42 Å². The molecule has 0 aliphatic carbocycles. The van der Waals surface area contributed by atoms with Gasteiger partial charge < -0.3 is 40.0 Å². The molecule has 4 rings (SSSR count). The van der Waals surface area contributed by atoms with Crippen LogP contribution in [0.1, 0.15) is 16.6 Å². The molecule has 2 aromatic heterocycles. The number of amides is 1. The summed E-state index contributed by atoms with van der Waals surface area (Å²) < 4.78 is 12.3. The van der Waals surface area contributed by atoms with Crippen molar-refractivity contribution in [3.8, 4) is 12.3 Å². The van der Waals surface area contributed by atoms with Gasteiger partial charge in [0.1, 0.15) is 30.0 Å². The average Bonchev–Trinajstić information content (AvgIpc) is 3.25. The maximum atomic E-state index is 13.1. The van der Waals surface area contributed by atoms with E-state index in [-0.39, 0.29) is 28.3 Å². The molecule has 0 saturated carbocycles. The van der Waals surface area contributed by atoms with Crippen molar-refractivity contribution >= 4 is 22.8 Å². The van der Waals surface area contributed by atoms with Crippen molar-refractivity contribution < 1.29 is 29.6 Å². The molecule has 4 atom stereocenters. The van der Waals surface area contributed by atoms with Crippen molar-refractivity contribution in [3.05, 3.63) is 18.1 Å². The van der Waals surface area contributed by atoms with Gasteiger partial charge in [-0.1, -0.05) is 5.92 Å². The van der Waals surface area contributed by atoms with Gasteiger partial charge in [-0.3, -0.25) is 4.79 Å². The van der Waals surface area contributed by atoms with E-state index in [0.717, 1.165) is 0 Å². The normalized spacial score (nSPS) is 29.9. The van der Waals surface area contributed by atoms with Crippen LogP contribution in [0.4, 0.5) is 5.82 Å². The number of fused-ring (bicyclic) bond motifs is 1. The number of anilines is 1. The minimum absolute atomic E-state index is 0.0758. The first-order valence-electron chi connectivity index (χ1n) is 9.05. The molecule has 2 saturated heterocycles. The fourth-order valence-electron chi connectivity index (χ4n) is 3.74. The number of nitrogens with two attached hydrogens (primary N) is 1. The molecule has 2 aliphatic heterocycles. The highest BCUT2D eigenvalue weighted by molar-refractivity contribution is 6.09. The summed E-state index contributed by atoms with van der Waals surface area (Å²) in [4.78, 5) is 22.9. The second kappa shape index (κ2) is 7.25. The number of aromatic nitrogens is 3. The molecule has 0 unspecified atom stereocenters. The molecule has 2 aromatic rings. The van der Waals surface area contributed by atoms with Gasteiger partial charge in [-0.25, -0.2) is 9.97 Å². The van der Waals surface area contributed by atoms with Gasteiger partial charge in [0.05, 0.1) is 30.8 Å². The number of terminal acetylenes is 1. The van der Waals surface area contributed by atoms with E-state index in [9.17, 15) is 20.1 Å². The first kappa shape index (κ1) is 19.6. The Hall–Kier alpha value is -2.75. The van der Waals surface area contributed by atoms with Crippen LogP contribution in [0, 0.1) is 12.3 Å². The molecule has 29 heavy (non-hydrogen) atoms. The smallest absolute Gasteiger partial charge is 0.256 e. The highest BCUT2D eigenvalue weighted by Gasteiger charge is 2.56. The summed E-state index contributed by atoms with van der Waals surface area (Å²) in [6.07, 6.45) is 4.15. The molecule has 11 nitrogen and oxygen atoms in total. The lowest BCUT2D eigenvalue weighted by molar-refractivity contribution is -0.0718. The Balaban J connectivity index is 1.85. The third kappa shape index (κ3) is 2.93. The molecule has 0 aromatic carbocycles. The first-order valence-corrected chi connectivity index (χ1v) is 9.05. The molecular formula is C18H21N5O6. The lowest BCUT2D eigenvalue weighted by atomic mass is 9.95. The number of nitrogen functional groups attached to an aromatic ring is 1. The van der Waals surface area contributed by atoms with E-state index in [1.807, 2.05) is 0 Å². The summed E-state index contributed by atoms with van der Waals surface area (Å²) in [6.45, 7) is 1.11. The fraction of sp³-hybridized carbons (Fsp3) is 0.500. The summed E-state index contributed by atoms with van der Waals surface area (Å²) >= 11 is 0. The largest absolute Gasteiger partial charge is 0.394 e. The summed E-state index contributed by atoms with van der Waals surface area (Å²) in [5.41, 5.74) is 4.29. The Morgan fingerprint density at radius 1 is 1.41 bits per heavy atom. The number of ether oxygens (including phenoxy) is 2. The lowest BCUT2D eigenvalue weighted by Crippen LogP contribution is -2.45. The van der Waals surface area contributed by atoms with Gasteiger partial charge in [0.2, 0.25) is 0 Å². The van der Waals surface area contributed by atoms with Crippen molar-refractivity contribution in [2.75, 3.05) is 38.6 Å². The van der Waals surface area contributed by atoms with Crippen molar-refractivity contribution in [2.24, 2.45) is 0 Å². The summed E-state index contributed by atoms with van der Waals surface area (Å²) in [7, 11) is 0. The van der Waals surface area contributed by atoms with E-state index in [1.54, 1.807) is 4.90 Å². The number of aliphatic hydroxyl groups excluding tert-OH is 2. The summed E-state index contributed by atoms with van der Waals surface area (Å²) in [6, 6.07) is 0. The van der Waals surface area contributed by atoms with Gasteiger partial charge in [0.25, 0.3) is 5.91 Å². The minimum Gasteiger partial charge on any atom is -0.394 e. The number of morpholine rings is 1. The van der Waals surface area contributed by atoms with Crippen LogP contribution in [0.25, 0.3) is 11.0 Å². The van der Waals surface area contributed by atoms with E-state index >= 15 is 0 Å². The average molecular weight is 403 g/mol. The quantitative estimate of drug-likeness (QED) is 0.430. The van der Waals surface area contributed by atoms with Gasteiger partial charge in [0.15, 0.2) is 11.8 Å². The van der Waals surface area contributed by atoms with Crippen LogP contribution in [0.15, 0.2) is 12.5 Å². The van der Waals surface area contributed by atoms with Crippen molar-refractivity contribution in [2.45, 2.75) is 24.0 Å². The Labute approximate surface area is 165 Å². The second-order valence-corrected chi connectivity index (χ2v) is 6.94. The molecule has 5 N–H and O–H groups in total. The number of rotatable bonds is 3. The van der Waals surface area contributed by atoms with Crippen molar-refractivity contribution in [1.29, 1.82) is 0 Å². The molecular weight excluding hydrogens is 382 g/mol. The summed E-state index contributed by atoms with van der Waals surface area (Å²) in [5.74, 6) is 1.92. The lowest BCUT2D eigenvalue weighted by Gasteiger charge is -2.27. The Morgan fingerprint density at radius 2 is 2.14 bits per heavy atom. The van der Waals surface area contributed by atoms with Crippen LogP contribution in [-0.4, -0.2) is 91.4 Å². The standard InChI is InChI=1S/C18H21N5O6/c1-2-18(27)13(25)11(8-24)29-17(18)23-7-10(12-14(19)20-9-21-15(12)23)16(26)22-3-5-28-6-4-22/h1,7,9,11,13,17,24-25,27H,3-6,8H2,(H2,19,20,21)/t11-,13-,17-,18-/m1/s1. The zero-order chi connectivity index (χ0) is 20.8. The minimum atomic E-state index is -2.15. The topological polar surface area (TPSA) is 156 Å². The zero-order valence-corrected chi connectivity index (χ0v) is 15.4. The zero-order valence-electron chi connectivity index (χ0n) is 15.4. The van der Waals surface area contributed by atoms with E-state index in [2.05, 4.69) is 15.9 Å². The third-order valence-corrected chi connectivity index (χ3v) is 5.31. The monoisotopic (exact) mass is 403 g/mol. The van der Waals surface area contributed by atoms with Gasteiger partial charge in [-0.2, -0.15) is 0 Å². The molecule has 0 radical (unpaired) electrons. The molecule has 154 valence electrons. The molecule has 1 amide bonds. The van der Waals surface area contributed by atoms with Crippen molar-refractivity contribution in [1.82, 2.24) is 19.4 Å².